The molecule has 77 valence electrons. The standard InChI is InChI=1S/C15H17/c1-10-11(2)13(4)15(12(10)3)14-8-6-5-7-9-14/h5-9H,1-4H3. The SMILES string of the molecule is C[C]1C(C)=C(C)C(C)=C1c1ccccc1. The van der Waals surface area contributed by atoms with Crippen LogP contribution in [-0.4, -0.2) is 0 Å². The lowest BCUT2D eigenvalue weighted by atomic mass is 9.92. The molecule has 1 aliphatic rings. The van der Waals surface area contributed by atoms with Crippen molar-refractivity contribution in [1.82, 2.24) is 0 Å². The quantitative estimate of drug-likeness (QED) is 0.625. The maximum atomic E-state index is 2.22. The molecule has 1 aromatic rings. The molecule has 0 saturated heterocycles. The molecule has 0 bridgehead atoms. The van der Waals surface area contributed by atoms with Crippen LogP contribution in [0.25, 0.3) is 5.57 Å². The molecule has 0 fully saturated rings. The summed E-state index contributed by atoms with van der Waals surface area (Å²) in [7, 11) is 0. The highest BCUT2D eigenvalue weighted by Gasteiger charge is 2.24. The molecule has 0 heteroatoms. The Morgan fingerprint density at radius 3 is 1.73 bits per heavy atom. The van der Waals surface area contributed by atoms with E-state index in [0.29, 0.717) is 0 Å². The second-order valence-electron chi connectivity index (χ2n) is 4.24. The van der Waals surface area contributed by atoms with Gasteiger partial charge in [0.2, 0.25) is 0 Å². The van der Waals surface area contributed by atoms with Gasteiger partial charge < -0.3 is 0 Å². The molecule has 15 heavy (non-hydrogen) atoms. The lowest BCUT2D eigenvalue weighted by Gasteiger charge is -2.11. The maximum Gasteiger partial charge on any atom is 0.0277 e. The molecule has 0 aliphatic heterocycles. The fourth-order valence-corrected chi connectivity index (χ4v) is 2.26. The van der Waals surface area contributed by atoms with Gasteiger partial charge in [0.1, 0.15) is 0 Å². The highest BCUT2D eigenvalue weighted by Crippen LogP contribution is 2.43. The summed E-state index contributed by atoms with van der Waals surface area (Å²) in [5.74, 6) is 1.43. The van der Waals surface area contributed by atoms with Crippen LogP contribution < -0.4 is 0 Å². The number of allylic oxidation sites excluding steroid dienone is 4. The van der Waals surface area contributed by atoms with Gasteiger partial charge in [0.25, 0.3) is 0 Å². The zero-order chi connectivity index (χ0) is 11.0. The fourth-order valence-electron chi connectivity index (χ4n) is 2.26. The number of rotatable bonds is 1. The van der Waals surface area contributed by atoms with E-state index in [0.717, 1.165) is 0 Å². The monoisotopic (exact) mass is 197 g/mol. The maximum absolute atomic E-state index is 2.22. The molecule has 0 spiro atoms. The fraction of sp³-hybridized carbons (Fsp3) is 0.267. The first-order valence-electron chi connectivity index (χ1n) is 5.41. The minimum atomic E-state index is 1.34. The minimum Gasteiger partial charge on any atom is -0.0622 e. The van der Waals surface area contributed by atoms with Gasteiger partial charge in [-0.25, -0.2) is 0 Å². The third-order valence-corrected chi connectivity index (χ3v) is 3.50. The van der Waals surface area contributed by atoms with Crippen LogP contribution in [0.3, 0.4) is 0 Å². The summed E-state index contributed by atoms with van der Waals surface area (Å²) in [6, 6.07) is 10.6. The molecule has 1 radical (unpaired) electrons. The molecule has 0 nitrogen and oxygen atoms in total. The molecule has 1 aliphatic carbocycles. The first-order valence-corrected chi connectivity index (χ1v) is 5.41. The third kappa shape index (κ3) is 1.54. The summed E-state index contributed by atoms with van der Waals surface area (Å²) >= 11 is 0. The van der Waals surface area contributed by atoms with Crippen LogP contribution in [0.5, 0.6) is 0 Å². The molecule has 0 N–H and O–H groups in total. The Morgan fingerprint density at radius 2 is 1.27 bits per heavy atom. The molecule has 0 saturated carbocycles. The second-order valence-corrected chi connectivity index (χ2v) is 4.24. The Labute approximate surface area is 92.3 Å². The average molecular weight is 197 g/mol. The van der Waals surface area contributed by atoms with Crippen LogP contribution in [0.4, 0.5) is 0 Å². The Kier molecular flexibility index (Phi) is 2.52. The van der Waals surface area contributed by atoms with Crippen molar-refractivity contribution in [3.05, 3.63) is 58.5 Å². The Balaban J connectivity index is 2.50. The van der Waals surface area contributed by atoms with E-state index in [1.807, 2.05) is 0 Å². The van der Waals surface area contributed by atoms with Crippen LogP contribution in [0.1, 0.15) is 33.3 Å². The number of hydrogen-bond acceptors (Lipinski definition) is 0. The van der Waals surface area contributed by atoms with Crippen molar-refractivity contribution < 1.29 is 0 Å². The van der Waals surface area contributed by atoms with Crippen molar-refractivity contribution >= 4 is 5.57 Å². The van der Waals surface area contributed by atoms with E-state index < -0.39 is 0 Å². The van der Waals surface area contributed by atoms with E-state index in [4.69, 9.17) is 0 Å². The molecule has 1 aromatic carbocycles. The molecular weight excluding hydrogens is 180 g/mol. The summed E-state index contributed by atoms with van der Waals surface area (Å²) in [6.45, 7) is 8.86. The van der Waals surface area contributed by atoms with Gasteiger partial charge in [0.15, 0.2) is 0 Å². The van der Waals surface area contributed by atoms with E-state index in [9.17, 15) is 0 Å². The van der Waals surface area contributed by atoms with Crippen LogP contribution >= 0.6 is 0 Å². The van der Waals surface area contributed by atoms with Crippen molar-refractivity contribution in [3.8, 4) is 0 Å². The van der Waals surface area contributed by atoms with Crippen molar-refractivity contribution in [3.63, 3.8) is 0 Å². The van der Waals surface area contributed by atoms with Gasteiger partial charge in [-0.3, -0.25) is 0 Å². The van der Waals surface area contributed by atoms with Crippen molar-refractivity contribution in [2.45, 2.75) is 27.7 Å². The first kappa shape index (κ1) is 10.2. The molecule has 2 rings (SSSR count). The third-order valence-electron chi connectivity index (χ3n) is 3.50. The lowest BCUT2D eigenvalue weighted by Crippen LogP contribution is -1.94. The van der Waals surface area contributed by atoms with Crippen molar-refractivity contribution in [1.29, 1.82) is 0 Å². The normalized spacial score (nSPS) is 17.9. The van der Waals surface area contributed by atoms with E-state index in [2.05, 4.69) is 58.0 Å². The molecule has 0 aromatic heterocycles. The van der Waals surface area contributed by atoms with Crippen LogP contribution in [-0.2, 0) is 0 Å². The van der Waals surface area contributed by atoms with E-state index >= 15 is 0 Å². The Bertz CT molecular complexity index is 432. The average Bonchev–Trinajstić information content (AvgIpc) is 2.45. The molecule has 0 amide bonds. The topological polar surface area (TPSA) is 0 Å². The molecular formula is C15H17. The van der Waals surface area contributed by atoms with Gasteiger partial charge in [-0.05, 0) is 43.1 Å². The minimum absolute atomic E-state index is 1.34. The van der Waals surface area contributed by atoms with E-state index in [1.165, 1.54) is 33.8 Å². The summed E-state index contributed by atoms with van der Waals surface area (Å²) in [5, 5.41) is 0. The highest BCUT2D eigenvalue weighted by molar-refractivity contribution is 5.88. The Hall–Kier alpha value is -1.30. The predicted molar refractivity (Wildman–Crippen MR) is 66.3 cm³/mol. The van der Waals surface area contributed by atoms with Gasteiger partial charge in [0.05, 0.1) is 0 Å². The number of hydrogen-bond donors (Lipinski definition) is 0. The zero-order valence-corrected chi connectivity index (χ0v) is 9.89. The first-order chi connectivity index (χ1) is 7.13. The van der Waals surface area contributed by atoms with Gasteiger partial charge in [-0.2, -0.15) is 0 Å². The van der Waals surface area contributed by atoms with Gasteiger partial charge in [0, 0.05) is 5.92 Å². The molecule has 0 atom stereocenters. The Morgan fingerprint density at radius 1 is 0.667 bits per heavy atom. The van der Waals surface area contributed by atoms with E-state index in [-0.39, 0.29) is 0 Å². The highest BCUT2D eigenvalue weighted by atomic mass is 14.3. The summed E-state index contributed by atoms with van der Waals surface area (Å²) in [5.41, 5.74) is 7.06. The molecule has 0 unspecified atom stereocenters. The lowest BCUT2D eigenvalue weighted by molar-refractivity contribution is 1.21. The molecule has 0 heterocycles. The van der Waals surface area contributed by atoms with Gasteiger partial charge in [-0.1, -0.05) is 42.8 Å². The van der Waals surface area contributed by atoms with Crippen LogP contribution in [0.15, 0.2) is 47.1 Å². The summed E-state index contributed by atoms with van der Waals surface area (Å²) in [4.78, 5) is 0. The summed E-state index contributed by atoms with van der Waals surface area (Å²) in [6.07, 6.45) is 0. The van der Waals surface area contributed by atoms with E-state index in [1.54, 1.807) is 0 Å². The largest absolute Gasteiger partial charge is 0.0622 e. The van der Waals surface area contributed by atoms with Crippen LogP contribution in [0.2, 0.25) is 0 Å². The zero-order valence-electron chi connectivity index (χ0n) is 9.89. The van der Waals surface area contributed by atoms with Gasteiger partial charge in [-0.15, -0.1) is 0 Å². The number of benzene rings is 1. The summed E-state index contributed by atoms with van der Waals surface area (Å²) < 4.78 is 0. The smallest absolute Gasteiger partial charge is 0.0277 e. The predicted octanol–water partition coefficient (Wildman–Crippen LogP) is 4.40. The van der Waals surface area contributed by atoms with Crippen molar-refractivity contribution in [2.75, 3.05) is 0 Å². The van der Waals surface area contributed by atoms with Gasteiger partial charge >= 0.3 is 0 Å². The second kappa shape index (κ2) is 3.69. The van der Waals surface area contributed by atoms with Crippen molar-refractivity contribution in [2.24, 2.45) is 0 Å². The van der Waals surface area contributed by atoms with Crippen LogP contribution in [0, 0.1) is 5.92 Å².